The zero-order chi connectivity index (χ0) is 13.0. The lowest BCUT2D eigenvalue weighted by molar-refractivity contribution is 0.243. The van der Waals surface area contributed by atoms with Crippen molar-refractivity contribution in [1.29, 1.82) is 0 Å². The van der Waals surface area contributed by atoms with Gasteiger partial charge < -0.3 is 10.1 Å². The molecule has 2 rings (SSSR count). The first-order chi connectivity index (χ1) is 8.66. The SMILES string of the molecule is Cc1ccsc1CNc1ncccc1OC(C)C. The highest BCUT2D eigenvalue weighted by Crippen LogP contribution is 2.24. The number of aryl methyl sites for hydroxylation is 1. The van der Waals surface area contributed by atoms with Gasteiger partial charge in [0.15, 0.2) is 11.6 Å². The van der Waals surface area contributed by atoms with E-state index in [9.17, 15) is 0 Å². The van der Waals surface area contributed by atoms with E-state index in [0.29, 0.717) is 0 Å². The smallest absolute Gasteiger partial charge is 0.169 e. The van der Waals surface area contributed by atoms with Crippen LogP contribution in [0.15, 0.2) is 29.8 Å². The second kappa shape index (κ2) is 5.87. The van der Waals surface area contributed by atoms with Crippen LogP contribution in [0.1, 0.15) is 24.3 Å². The molecule has 0 radical (unpaired) electrons. The van der Waals surface area contributed by atoms with Gasteiger partial charge in [-0.05, 0) is 49.9 Å². The molecule has 0 spiro atoms. The van der Waals surface area contributed by atoms with E-state index in [1.807, 2.05) is 26.0 Å². The molecule has 2 aromatic rings. The minimum Gasteiger partial charge on any atom is -0.487 e. The van der Waals surface area contributed by atoms with Crippen LogP contribution in [0.25, 0.3) is 0 Å². The van der Waals surface area contributed by atoms with Gasteiger partial charge in [-0.2, -0.15) is 0 Å². The van der Waals surface area contributed by atoms with Crippen molar-refractivity contribution in [3.8, 4) is 5.75 Å². The highest BCUT2D eigenvalue weighted by atomic mass is 32.1. The average molecular weight is 262 g/mol. The Hall–Kier alpha value is -1.55. The van der Waals surface area contributed by atoms with Gasteiger partial charge in [0.25, 0.3) is 0 Å². The molecule has 0 aliphatic carbocycles. The molecular formula is C14H18N2OS. The van der Waals surface area contributed by atoms with Crippen LogP contribution in [0, 0.1) is 6.92 Å². The summed E-state index contributed by atoms with van der Waals surface area (Å²) >= 11 is 1.76. The highest BCUT2D eigenvalue weighted by Gasteiger charge is 2.07. The van der Waals surface area contributed by atoms with Crippen molar-refractivity contribution in [2.75, 3.05) is 5.32 Å². The molecule has 0 aromatic carbocycles. The van der Waals surface area contributed by atoms with Crippen molar-refractivity contribution >= 4 is 17.2 Å². The first kappa shape index (κ1) is 12.9. The third kappa shape index (κ3) is 3.23. The maximum Gasteiger partial charge on any atom is 0.169 e. The summed E-state index contributed by atoms with van der Waals surface area (Å²) in [5, 5.41) is 5.44. The molecular weight excluding hydrogens is 244 g/mol. The summed E-state index contributed by atoms with van der Waals surface area (Å²) in [5.74, 6) is 1.61. The van der Waals surface area contributed by atoms with Crippen LogP contribution in [0.5, 0.6) is 5.75 Å². The number of hydrogen-bond acceptors (Lipinski definition) is 4. The predicted molar refractivity (Wildman–Crippen MR) is 76.4 cm³/mol. The van der Waals surface area contributed by atoms with Gasteiger partial charge >= 0.3 is 0 Å². The topological polar surface area (TPSA) is 34.2 Å². The molecule has 0 saturated heterocycles. The van der Waals surface area contributed by atoms with E-state index in [1.165, 1.54) is 10.4 Å². The van der Waals surface area contributed by atoms with E-state index in [2.05, 4.69) is 28.7 Å². The summed E-state index contributed by atoms with van der Waals surface area (Å²) in [6, 6.07) is 5.96. The Morgan fingerprint density at radius 2 is 2.22 bits per heavy atom. The quantitative estimate of drug-likeness (QED) is 0.888. The summed E-state index contributed by atoms with van der Waals surface area (Å²) in [7, 11) is 0. The molecule has 0 bridgehead atoms. The molecule has 96 valence electrons. The van der Waals surface area contributed by atoms with Crippen molar-refractivity contribution in [2.45, 2.75) is 33.4 Å². The lowest BCUT2D eigenvalue weighted by Crippen LogP contribution is -2.09. The van der Waals surface area contributed by atoms with E-state index in [4.69, 9.17) is 4.74 Å². The molecule has 0 saturated carbocycles. The molecule has 0 unspecified atom stereocenters. The van der Waals surface area contributed by atoms with Crippen LogP contribution in [0.4, 0.5) is 5.82 Å². The fraction of sp³-hybridized carbons (Fsp3) is 0.357. The van der Waals surface area contributed by atoms with Gasteiger partial charge in [-0.15, -0.1) is 11.3 Å². The molecule has 0 atom stereocenters. The fourth-order valence-electron chi connectivity index (χ4n) is 1.62. The monoisotopic (exact) mass is 262 g/mol. The fourth-order valence-corrected chi connectivity index (χ4v) is 2.47. The van der Waals surface area contributed by atoms with E-state index in [-0.39, 0.29) is 6.10 Å². The molecule has 3 nitrogen and oxygen atoms in total. The number of thiophene rings is 1. The lowest BCUT2D eigenvalue weighted by atomic mass is 10.3. The molecule has 0 amide bonds. The first-order valence-electron chi connectivity index (χ1n) is 6.05. The number of nitrogens with one attached hydrogen (secondary N) is 1. The van der Waals surface area contributed by atoms with Gasteiger partial charge in [0.2, 0.25) is 0 Å². The van der Waals surface area contributed by atoms with E-state index in [1.54, 1.807) is 17.5 Å². The van der Waals surface area contributed by atoms with Crippen molar-refractivity contribution in [3.63, 3.8) is 0 Å². The summed E-state index contributed by atoms with van der Waals surface area (Å²) in [4.78, 5) is 5.66. The van der Waals surface area contributed by atoms with Crippen molar-refractivity contribution in [1.82, 2.24) is 4.98 Å². The number of aromatic nitrogens is 1. The van der Waals surface area contributed by atoms with Gasteiger partial charge in [0, 0.05) is 11.1 Å². The molecule has 2 aromatic heterocycles. The summed E-state index contributed by atoms with van der Waals surface area (Å²) in [6.45, 7) is 6.94. The number of hydrogen-bond donors (Lipinski definition) is 1. The normalized spacial score (nSPS) is 10.7. The lowest BCUT2D eigenvalue weighted by Gasteiger charge is -2.14. The minimum absolute atomic E-state index is 0.151. The van der Waals surface area contributed by atoms with Crippen LogP contribution in [-0.4, -0.2) is 11.1 Å². The van der Waals surface area contributed by atoms with Gasteiger partial charge in [0.1, 0.15) is 0 Å². The Labute approximate surface area is 112 Å². The molecule has 18 heavy (non-hydrogen) atoms. The number of nitrogens with zero attached hydrogens (tertiary/aromatic N) is 1. The minimum atomic E-state index is 0.151. The van der Waals surface area contributed by atoms with Crippen LogP contribution in [0.2, 0.25) is 0 Å². The van der Waals surface area contributed by atoms with Crippen LogP contribution >= 0.6 is 11.3 Å². The van der Waals surface area contributed by atoms with Crippen LogP contribution < -0.4 is 10.1 Å². The Kier molecular flexibility index (Phi) is 4.20. The second-order valence-corrected chi connectivity index (χ2v) is 5.40. The third-order valence-electron chi connectivity index (χ3n) is 2.52. The van der Waals surface area contributed by atoms with Gasteiger partial charge in [-0.25, -0.2) is 4.98 Å². The van der Waals surface area contributed by atoms with Gasteiger partial charge in [-0.3, -0.25) is 0 Å². The number of pyridine rings is 1. The molecule has 0 aliphatic rings. The van der Waals surface area contributed by atoms with E-state index in [0.717, 1.165) is 18.1 Å². The Balaban J connectivity index is 2.07. The number of anilines is 1. The maximum absolute atomic E-state index is 5.72. The second-order valence-electron chi connectivity index (χ2n) is 4.40. The molecule has 4 heteroatoms. The van der Waals surface area contributed by atoms with E-state index >= 15 is 0 Å². The molecule has 2 heterocycles. The van der Waals surface area contributed by atoms with Gasteiger partial charge in [-0.1, -0.05) is 0 Å². The molecule has 0 aliphatic heterocycles. The molecule has 0 fully saturated rings. The Morgan fingerprint density at radius 1 is 1.39 bits per heavy atom. The zero-order valence-electron chi connectivity index (χ0n) is 10.9. The first-order valence-corrected chi connectivity index (χ1v) is 6.93. The molecule has 1 N–H and O–H groups in total. The van der Waals surface area contributed by atoms with Crippen molar-refractivity contribution in [2.24, 2.45) is 0 Å². The summed E-state index contributed by atoms with van der Waals surface area (Å²) < 4.78 is 5.72. The highest BCUT2D eigenvalue weighted by molar-refractivity contribution is 7.10. The standard InChI is InChI=1S/C14H18N2OS/c1-10(2)17-12-5-4-7-15-14(12)16-9-13-11(3)6-8-18-13/h4-8,10H,9H2,1-3H3,(H,15,16). The van der Waals surface area contributed by atoms with E-state index < -0.39 is 0 Å². The van der Waals surface area contributed by atoms with Gasteiger partial charge in [0.05, 0.1) is 12.6 Å². The maximum atomic E-state index is 5.72. The van der Waals surface area contributed by atoms with Crippen molar-refractivity contribution in [3.05, 3.63) is 40.2 Å². The Morgan fingerprint density at radius 3 is 2.89 bits per heavy atom. The summed E-state index contributed by atoms with van der Waals surface area (Å²) in [6.07, 6.45) is 1.93. The largest absolute Gasteiger partial charge is 0.487 e. The number of rotatable bonds is 5. The Bertz CT molecular complexity index is 508. The van der Waals surface area contributed by atoms with Crippen LogP contribution in [-0.2, 0) is 6.54 Å². The predicted octanol–water partition coefficient (Wildman–Crippen LogP) is 3.85. The van der Waals surface area contributed by atoms with Crippen molar-refractivity contribution < 1.29 is 4.74 Å². The summed E-state index contributed by atoms with van der Waals surface area (Å²) in [5.41, 5.74) is 1.31. The average Bonchev–Trinajstić information content (AvgIpc) is 2.73. The number of ether oxygens (including phenoxy) is 1. The third-order valence-corrected chi connectivity index (χ3v) is 3.54. The van der Waals surface area contributed by atoms with Crippen LogP contribution in [0.3, 0.4) is 0 Å². The zero-order valence-corrected chi connectivity index (χ0v) is 11.8.